The highest BCUT2D eigenvalue weighted by Gasteiger charge is 2.48. The van der Waals surface area contributed by atoms with Crippen molar-refractivity contribution in [3.8, 4) is 6.07 Å². The van der Waals surface area contributed by atoms with E-state index in [2.05, 4.69) is 0 Å². The third-order valence-electron chi connectivity index (χ3n) is 2.63. The van der Waals surface area contributed by atoms with Crippen LogP contribution in [0.25, 0.3) is 0 Å². The summed E-state index contributed by atoms with van der Waals surface area (Å²) in [6, 6.07) is 2.38. The van der Waals surface area contributed by atoms with Crippen molar-refractivity contribution in [1.82, 2.24) is 0 Å². The molecule has 0 aliphatic heterocycles. The van der Waals surface area contributed by atoms with Crippen LogP contribution in [0.2, 0.25) is 0 Å². The van der Waals surface area contributed by atoms with E-state index in [1.54, 1.807) is 0 Å². The Morgan fingerprint density at radius 3 is 2.06 bits per heavy atom. The number of hydrogen-bond acceptors (Lipinski definition) is 1. The van der Waals surface area contributed by atoms with Crippen molar-refractivity contribution in [2.24, 2.45) is 5.92 Å². The van der Waals surface area contributed by atoms with Gasteiger partial charge in [0, 0.05) is 11.5 Å². The lowest BCUT2D eigenvalue weighted by atomic mass is 10.0. The zero-order chi connectivity index (χ0) is 11.9. The number of alkyl halides is 2. The van der Waals surface area contributed by atoms with Crippen molar-refractivity contribution in [3.63, 3.8) is 0 Å². The number of nitrogens with zero attached hydrogens (tertiary/aromatic N) is 1. The third kappa shape index (κ3) is 1.64. The Labute approximate surface area is 89.3 Å². The minimum absolute atomic E-state index is 0.357. The molecule has 0 heterocycles. The van der Waals surface area contributed by atoms with Gasteiger partial charge in [0.2, 0.25) is 0 Å². The van der Waals surface area contributed by atoms with Gasteiger partial charge in [0.15, 0.2) is 0 Å². The van der Waals surface area contributed by atoms with Crippen LogP contribution >= 0.6 is 0 Å². The predicted octanol–water partition coefficient (Wildman–Crippen LogP) is 3.34. The molecule has 1 aliphatic rings. The van der Waals surface area contributed by atoms with Crippen LogP contribution in [0, 0.1) is 28.9 Å². The molecule has 0 spiro atoms. The second-order valence-corrected chi connectivity index (χ2v) is 3.82. The molecule has 0 unspecified atom stereocenters. The van der Waals surface area contributed by atoms with E-state index < -0.39 is 34.6 Å². The molecule has 1 fully saturated rings. The van der Waals surface area contributed by atoms with Crippen molar-refractivity contribution < 1.29 is 17.6 Å². The number of rotatable bonds is 2. The van der Waals surface area contributed by atoms with Crippen LogP contribution in [-0.4, -0.2) is 0 Å². The predicted molar refractivity (Wildman–Crippen MR) is 47.7 cm³/mol. The van der Waals surface area contributed by atoms with Crippen LogP contribution in [0.15, 0.2) is 12.1 Å². The molecule has 0 N–H and O–H groups in total. The van der Waals surface area contributed by atoms with Crippen molar-refractivity contribution in [2.45, 2.75) is 18.8 Å². The number of hydrogen-bond donors (Lipinski definition) is 0. The molecule has 0 radical (unpaired) electrons. The number of benzene rings is 1. The Morgan fingerprint density at radius 2 is 1.69 bits per heavy atom. The first-order valence-electron chi connectivity index (χ1n) is 4.74. The number of halogens is 4. The molecule has 0 bridgehead atoms. The van der Waals surface area contributed by atoms with Gasteiger partial charge in [0.05, 0.1) is 0 Å². The van der Waals surface area contributed by atoms with Crippen LogP contribution in [0.4, 0.5) is 17.6 Å². The van der Waals surface area contributed by atoms with E-state index in [4.69, 9.17) is 5.26 Å². The Kier molecular flexibility index (Phi) is 2.38. The second-order valence-electron chi connectivity index (χ2n) is 3.82. The lowest BCUT2D eigenvalue weighted by Gasteiger charge is -2.16. The first kappa shape index (κ1) is 10.9. The summed E-state index contributed by atoms with van der Waals surface area (Å²) in [7, 11) is 0. The van der Waals surface area contributed by atoms with Crippen molar-refractivity contribution in [1.29, 1.82) is 5.26 Å². The maximum Gasteiger partial charge on any atom is 0.276 e. The van der Waals surface area contributed by atoms with Gasteiger partial charge < -0.3 is 0 Å². The van der Waals surface area contributed by atoms with Gasteiger partial charge >= 0.3 is 0 Å². The molecule has 1 aromatic carbocycles. The normalized spacial score (nSPS) is 15.9. The van der Waals surface area contributed by atoms with E-state index in [0.29, 0.717) is 25.0 Å². The summed E-state index contributed by atoms with van der Waals surface area (Å²) in [6.07, 6.45) is 0.715. The molecular weight excluding hydrogens is 222 g/mol. The summed E-state index contributed by atoms with van der Waals surface area (Å²) in [5.41, 5.74) is -1.51. The van der Waals surface area contributed by atoms with Crippen LogP contribution < -0.4 is 0 Å². The molecule has 5 heteroatoms. The molecule has 0 saturated heterocycles. The highest BCUT2D eigenvalue weighted by atomic mass is 19.3. The smallest absolute Gasteiger partial charge is 0.205 e. The summed E-state index contributed by atoms with van der Waals surface area (Å²) in [6.45, 7) is 0. The van der Waals surface area contributed by atoms with Crippen LogP contribution in [0.5, 0.6) is 0 Å². The Hall–Kier alpha value is -1.57. The summed E-state index contributed by atoms with van der Waals surface area (Å²) in [5.74, 6) is -6.52. The van der Waals surface area contributed by atoms with Gasteiger partial charge in [-0.3, -0.25) is 0 Å². The van der Waals surface area contributed by atoms with Crippen molar-refractivity contribution in [3.05, 3.63) is 34.9 Å². The molecule has 1 nitrogen and oxygen atoms in total. The van der Waals surface area contributed by atoms with Crippen LogP contribution in [0.3, 0.4) is 0 Å². The zero-order valence-electron chi connectivity index (χ0n) is 8.11. The summed E-state index contributed by atoms with van der Waals surface area (Å²) >= 11 is 0. The first-order valence-corrected chi connectivity index (χ1v) is 4.74. The monoisotopic (exact) mass is 229 g/mol. The molecule has 1 aromatic rings. The van der Waals surface area contributed by atoms with E-state index in [0.717, 1.165) is 0 Å². The summed E-state index contributed by atoms with van der Waals surface area (Å²) in [5, 5.41) is 8.40. The van der Waals surface area contributed by atoms with Crippen LogP contribution in [0.1, 0.15) is 24.0 Å². The summed E-state index contributed by atoms with van der Waals surface area (Å²) < 4.78 is 53.3. The molecular formula is C11H7F4N. The Bertz CT molecular complexity index is 448. The third-order valence-corrected chi connectivity index (χ3v) is 2.63. The highest BCUT2D eigenvalue weighted by Crippen LogP contribution is 2.49. The fourth-order valence-electron chi connectivity index (χ4n) is 1.55. The molecule has 0 aromatic heterocycles. The van der Waals surface area contributed by atoms with Gasteiger partial charge in [-0.2, -0.15) is 5.26 Å². The fourth-order valence-corrected chi connectivity index (χ4v) is 1.55. The van der Waals surface area contributed by atoms with E-state index in [9.17, 15) is 17.6 Å². The van der Waals surface area contributed by atoms with Gasteiger partial charge in [-0.15, -0.1) is 0 Å². The van der Waals surface area contributed by atoms with Gasteiger partial charge in [-0.1, -0.05) is 0 Å². The largest absolute Gasteiger partial charge is 0.276 e. The molecule has 16 heavy (non-hydrogen) atoms. The quantitative estimate of drug-likeness (QED) is 0.713. The fraction of sp³-hybridized carbons (Fsp3) is 0.364. The second kappa shape index (κ2) is 3.48. The molecule has 1 saturated carbocycles. The maximum atomic E-state index is 13.5. The van der Waals surface area contributed by atoms with E-state index in [1.165, 1.54) is 6.07 Å². The molecule has 0 amide bonds. The van der Waals surface area contributed by atoms with Gasteiger partial charge in [0.1, 0.15) is 23.3 Å². The van der Waals surface area contributed by atoms with E-state index in [1.807, 2.05) is 0 Å². The van der Waals surface area contributed by atoms with Gasteiger partial charge in [0.25, 0.3) is 5.92 Å². The average Bonchev–Trinajstić information content (AvgIpc) is 3.00. The molecule has 0 atom stereocenters. The zero-order valence-corrected chi connectivity index (χ0v) is 8.11. The van der Waals surface area contributed by atoms with Gasteiger partial charge in [-0.25, -0.2) is 17.6 Å². The van der Waals surface area contributed by atoms with Crippen molar-refractivity contribution in [2.75, 3.05) is 0 Å². The molecule has 84 valence electrons. The van der Waals surface area contributed by atoms with Crippen molar-refractivity contribution >= 4 is 0 Å². The minimum Gasteiger partial charge on any atom is -0.205 e. The first-order chi connectivity index (χ1) is 7.46. The van der Waals surface area contributed by atoms with Crippen LogP contribution in [-0.2, 0) is 5.92 Å². The van der Waals surface area contributed by atoms with E-state index in [-0.39, 0.29) is 0 Å². The average molecular weight is 229 g/mol. The van der Waals surface area contributed by atoms with E-state index >= 15 is 0 Å². The highest BCUT2D eigenvalue weighted by molar-refractivity contribution is 5.37. The minimum atomic E-state index is -3.21. The topological polar surface area (TPSA) is 23.8 Å². The lowest BCUT2D eigenvalue weighted by Crippen LogP contribution is -2.17. The Balaban J connectivity index is 2.48. The van der Waals surface area contributed by atoms with Gasteiger partial charge in [-0.05, 0) is 25.0 Å². The molecule has 1 aliphatic carbocycles. The lowest BCUT2D eigenvalue weighted by molar-refractivity contribution is -0.0291. The summed E-state index contributed by atoms with van der Waals surface area (Å²) in [4.78, 5) is 0. The standard InChI is InChI=1S/C11H7F4N/c12-9-3-7(4-10(13)8(9)5-16)11(14,15)6-1-2-6/h3-4,6H,1-2H2. The molecule has 2 rings (SSSR count). The SMILES string of the molecule is N#Cc1c(F)cc(C(F)(F)C2CC2)cc1F. The maximum absolute atomic E-state index is 13.5. The number of nitriles is 1. The Morgan fingerprint density at radius 1 is 1.19 bits per heavy atom.